The molecule has 1 amide bonds. The van der Waals surface area contributed by atoms with Gasteiger partial charge in [0.15, 0.2) is 0 Å². The van der Waals surface area contributed by atoms with Crippen LogP contribution in [0, 0.1) is 32.6 Å². The first-order valence-corrected chi connectivity index (χ1v) is 6.56. The number of amides is 1. The number of nitrogens with one attached hydrogen (secondary N) is 1. The van der Waals surface area contributed by atoms with Crippen molar-refractivity contribution >= 4 is 11.6 Å². The van der Waals surface area contributed by atoms with Gasteiger partial charge < -0.3 is 15.6 Å². The van der Waals surface area contributed by atoms with E-state index in [2.05, 4.69) is 22.3 Å². The van der Waals surface area contributed by atoms with Gasteiger partial charge in [-0.05, 0) is 38.5 Å². The van der Waals surface area contributed by atoms with Gasteiger partial charge in [-0.25, -0.2) is 0 Å². The standard InChI is InChI=1S/C16H17N3O2/c1-10-6-7-13(5-4-8-17)9-14(10)18-16(20)15-11(2)19-21-12(15)3/h6-7,9H,8,17H2,1-3H3,(H,18,20). The Labute approximate surface area is 123 Å². The second-order valence-electron chi connectivity index (χ2n) is 4.69. The predicted octanol–water partition coefficient (Wildman–Crippen LogP) is 2.16. The van der Waals surface area contributed by atoms with Crippen LogP contribution in [-0.4, -0.2) is 17.6 Å². The molecule has 5 nitrogen and oxygen atoms in total. The number of nitrogens with two attached hydrogens (primary N) is 1. The summed E-state index contributed by atoms with van der Waals surface area (Å²) < 4.78 is 5.01. The fraction of sp³-hybridized carbons (Fsp3) is 0.250. The van der Waals surface area contributed by atoms with Crippen molar-refractivity contribution in [2.75, 3.05) is 11.9 Å². The maximum Gasteiger partial charge on any atom is 0.261 e. The third kappa shape index (κ3) is 3.30. The summed E-state index contributed by atoms with van der Waals surface area (Å²) >= 11 is 0. The molecule has 0 aliphatic heterocycles. The van der Waals surface area contributed by atoms with E-state index in [1.54, 1.807) is 13.8 Å². The maximum atomic E-state index is 12.3. The number of hydrogen-bond acceptors (Lipinski definition) is 4. The summed E-state index contributed by atoms with van der Waals surface area (Å²) in [6, 6.07) is 5.63. The molecule has 1 aromatic heterocycles. The Morgan fingerprint density at radius 2 is 2.14 bits per heavy atom. The summed E-state index contributed by atoms with van der Waals surface area (Å²) in [4.78, 5) is 12.3. The van der Waals surface area contributed by atoms with Crippen molar-refractivity contribution in [1.82, 2.24) is 5.16 Å². The van der Waals surface area contributed by atoms with Crippen LogP contribution in [0.5, 0.6) is 0 Å². The predicted molar refractivity (Wildman–Crippen MR) is 81.0 cm³/mol. The zero-order chi connectivity index (χ0) is 15.4. The van der Waals surface area contributed by atoms with Crippen LogP contribution >= 0.6 is 0 Å². The van der Waals surface area contributed by atoms with E-state index in [4.69, 9.17) is 10.3 Å². The Kier molecular flexibility index (Phi) is 4.41. The van der Waals surface area contributed by atoms with Gasteiger partial charge in [-0.15, -0.1) is 0 Å². The number of anilines is 1. The SMILES string of the molecule is Cc1ccc(C#CCN)cc1NC(=O)c1c(C)noc1C. The van der Waals surface area contributed by atoms with Crippen molar-refractivity contribution in [2.45, 2.75) is 20.8 Å². The Balaban J connectivity index is 2.29. The lowest BCUT2D eigenvalue weighted by molar-refractivity contribution is 0.102. The number of rotatable bonds is 2. The lowest BCUT2D eigenvalue weighted by Crippen LogP contribution is -2.14. The minimum atomic E-state index is -0.238. The lowest BCUT2D eigenvalue weighted by atomic mass is 10.1. The zero-order valence-corrected chi connectivity index (χ0v) is 12.3. The molecule has 0 spiro atoms. The van der Waals surface area contributed by atoms with Gasteiger partial charge in [0.1, 0.15) is 11.3 Å². The largest absolute Gasteiger partial charge is 0.361 e. The van der Waals surface area contributed by atoms with Gasteiger partial charge in [-0.3, -0.25) is 4.79 Å². The number of aryl methyl sites for hydroxylation is 3. The van der Waals surface area contributed by atoms with Gasteiger partial charge in [0, 0.05) is 11.3 Å². The van der Waals surface area contributed by atoms with E-state index in [1.165, 1.54) is 0 Å². The van der Waals surface area contributed by atoms with Gasteiger partial charge in [-0.1, -0.05) is 23.1 Å². The fourth-order valence-corrected chi connectivity index (χ4v) is 1.98. The van der Waals surface area contributed by atoms with Crippen molar-refractivity contribution in [3.63, 3.8) is 0 Å². The number of carbonyl (C=O) groups excluding carboxylic acids is 1. The summed E-state index contributed by atoms with van der Waals surface area (Å²) in [5.41, 5.74) is 8.87. The molecule has 0 aliphatic carbocycles. The highest BCUT2D eigenvalue weighted by molar-refractivity contribution is 6.06. The molecule has 2 rings (SSSR count). The molecule has 0 unspecified atom stereocenters. The van der Waals surface area contributed by atoms with Crippen LogP contribution in [0.2, 0.25) is 0 Å². The van der Waals surface area contributed by atoms with Crippen LogP contribution in [0.15, 0.2) is 22.7 Å². The monoisotopic (exact) mass is 283 g/mol. The summed E-state index contributed by atoms with van der Waals surface area (Å²) in [6.45, 7) is 5.67. The summed E-state index contributed by atoms with van der Waals surface area (Å²) in [5.74, 6) is 6.00. The first kappa shape index (κ1) is 14.8. The molecule has 1 heterocycles. The van der Waals surface area contributed by atoms with E-state index in [0.717, 1.165) is 11.1 Å². The zero-order valence-electron chi connectivity index (χ0n) is 12.3. The first-order chi connectivity index (χ1) is 10.0. The van der Waals surface area contributed by atoms with Gasteiger partial charge in [0.2, 0.25) is 0 Å². The Morgan fingerprint density at radius 1 is 1.38 bits per heavy atom. The van der Waals surface area contributed by atoms with Crippen molar-refractivity contribution < 1.29 is 9.32 Å². The second-order valence-corrected chi connectivity index (χ2v) is 4.69. The van der Waals surface area contributed by atoms with Crippen molar-refractivity contribution in [3.8, 4) is 11.8 Å². The Hall–Kier alpha value is -2.58. The minimum Gasteiger partial charge on any atom is -0.361 e. The number of aromatic nitrogens is 1. The molecule has 3 N–H and O–H groups in total. The molecule has 0 atom stereocenters. The molecule has 0 saturated carbocycles. The number of carbonyl (C=O) groups is 1. The van der Waals surface area contributed by atoms with E-state index in [9.17, 15) is 4.79 Å². The molecule has 0 aliphatic rings. The van der Waals surface area contributed by atoms with Crippen LogP contribution in [0.3, 0.4) is 0 Å². The Bertz CT molecular complexity index is 716. The van der Waals surface area contributed by atoms with Crippen LogP contribution in [0.4, 0.5) is 5.69 Å². The van der Waals surface area contributed by atoms with E-state index in [0.29, 0.717) is 29.2 Å². The molecule has 5 heteroatoms. The smallest absolute Gasteiger partial charge is 0.261 e. The highest BCUT2D eigenvalue weighted by Crippen LogP contribution is 2.19. The maximum absolute atomic E-state index is 12.3. The molecule has 0 bridgehead atoms. The van der Waals surface area contributed by atoms with E-state index < -0.39 is 0 Å². The molecular weight excluding hydrogens is 266 g/mol. The second kappa shape index (κ2) is 6.25. The summed E-state index contributed by atoms with van der Waals surface area (Å²) in [6.07, 6.45) is 0. The molecule has 0 radical (unpaired) electrons. The van der Waals surface area contributed by atoms with Gasteiger partial charge >= 0.3 is 0 Å². The quantitative estimate of drug-likeness (QED) is 0.828. The topological polar surface area (TPSA) is 81.1 Å². The molecule has 0 fully saturated rings. The lowest BCUT2D eigenvalue weighted by Gasteiger charge is -2.08. The van der Waals surface area contributed by atoms with E-state index in [-0.39, 0.29) is 5.91 Å². The van der Waals surface area contributed by atoms with Gasteiger partial charge in [0.05, 0.1) is 12.2 Å². The van der Waals surface area contributed by atoms with Crippen LogP contribution in [0.1, 0.15) is 32.9 Å². The third-order valence-electron chi connectivity index (χ3n) is 3.08. The Morgan fingerprint density at radius 3 is 2.76 bits per heavy atom. The minimum absolute atomic E-state index is 0.238. The molecule has 2 aromatic rings. The van der Waals surface area contributed by atoms with Gasteiger partial charge in [0.25, 0.3) is 5.91 Å². The average molecular weight is 283 g/mol. The van der Waals surface area contributed by atoms with Crippen LogP contribution in [-0.2, 0) is 0 Å². The van der Waals surface area contributed by atoms with E-state index in [1.807, 2.05) is 25.1 Å². The molecular formula is C16H17N3O2. The number of benzene rings is 1. The molecule has 108 valence electrons. The third-order valence-corrected chi connectivity index (χ3v) is 3.08. The van der Waals surface area contributed by atoms with Crippen molar-refractivity contribution in [2.24, 2.45) is 5.73 Å². The number of hydrogen-bond donors (Lipinski definition) is 2. The fourth-order valence-electron chi connectivity index (χ4n) is 1.98. The molecule has 0 saturated heterocycles. The summed E-state index contributed by atoms with van der Waals surface area (Å²) in [7, 11) is 0. The van der Waals surface area contributed by atoms with Crippen molar-refractivity contribution in [3.05, 3.63) is 46.3 Å². The normalized spacial score (nSPS) is 9.90. The average Bonchev–Trinajstić information content (AvgIpc) is 2.79. The van der Waals surface area contributed by atoms with Crippen LogP contribution in [0.25, 0.3) is 0 Å². The number of nitrogens with zero attached hydrogens (tertiary/aromatic N) is 1. The summed E-state index contributed by atoms with van der Waals surface area (Å²) in [5, 5.41) is 6.66. The van der Waals surface area contributed by atoms with Crippen LogP contribution < -0.4 is 11.1 Å². The molecule has 1 aromatic carbocycles. The molecule has 21 heavy (non-hydrogen) atoms. The highest BCUT2D eigenvalue weighted by Gasteiger charge is 2.18. The highest BCUT2D eigenvalue weighted by atomic mass is 16.5. The van der Waals surface area contributed by atoms with E-state index >= 15 is 0 Å². The van der Waals surface area contributed by atoms with Crippen molar-refractivity contribution in [1.29, 1.82) is 0 Å². The first-order valence-electron chi connectivity index (χ1n) is 6.56. The van der Waals surface area contributed by atoms with Gasteiger partial charge in [-0.2, -0.15) is 0 Å².